The van der Waals surface area contributed by atoms with Crippen molar-refractivity contribution in [2.24, 2.45) is 0 Å². The van der Waals surface area contributed by atoms with Gasteiger partial charge in [-0.15, -0.1) is 0 Å². The van der Waals surface area contributed by atoms with Gasteiger partial charge in [0, 0.05) is 17.3 Å². The van der Waals surface area contributed by atoms with E-state index < -0.39 is 0 Å². The molecule has 0 saturated heterocycles. The fourth-order valence-electron chi connectivity index (χ4n) is 2.94. The molecule has 122 valence electrons. The summed E-state index contributed by atoms with van der Waals surface area (Å²) in [5, 5.41) is 9.51. The predicted molar refractivity (Wildman–Crippen MR) is 95.3 cm³/mol. The van der Waals surface area contributed by atoms with Gasteiger partial charge in [0.2, 0.25) is 0 Å². The Morgan fingerprint density at radius 1 is 1.08 bits per heavy atom. The first-order valence-corrected chi connectivity index (χ1v) is 7.84. The number of hydrogen-bond donors (Lipinski definition) is 2. The monoisotopic (exact) mass is 322 g/mol. The number of rotatable bonds is 3. The van der Waals surface area contributed by atoms with Gasteiger partial charge in [0.15, 0.2) is 0 Å². The molecule has 0 atom stereocenters. The molecule has 0 aliphatic carbocycles. The van der Waals surface area contributed by atoms with E-state index in [0.717, 1.165) is 34.2 Å². The lowest BCUT2D eigenvalue weighted by Gasteiger charge is -2.16. The highest BCUT2D eigenvalue weighted by atomic mass is 19.1. The number of pyridine rings is 1. The number of phenols is 1. The summed E-state index contributed by atoms with van der Waals surface area (Å²) in [6.45, 7) is 3.80. The number of nitrogens with zero attached hydrogens (tertiary/aromatic N) is 1. The third-order valence-corrected chi connectivity index (χ3v) is 4.19. The number of halogens is 1. The maximum atomic E-state index is 13.6. The number of hydrogen-bond acceptors (Lipinski definition) is 3. The van der Waals surface area contributed by atoms with E-state index in [1.807, 2.05) is 18.2 Å². The summed E-state index contributed by atoms with van der Waals surface area (Å²) in [7, 11) is 0. The van der Waals surface area contributed by atoms with Crippen LogP contribution in [0.2, 0.25) is 0 Å². The molecule has 1 aromatic heterocycles. The van der Waals surface area contributed by atoms with E-state index in [1.165, 1.54) is 6.07 Å². The van der Waals surface area contributed by atoms with Gasteiger partial charge in [-0.1, -0.05) is 25.1 Å². The Balaban J connectivity index is 2.23. The number of aryl methyl sites for hydroxylation is 1. The fraction of sp³-hybridized carbons (Fsp3) is 0.150. The lowest BCUT2D eigenvalue weighted by molar-refractivity contribution is 0.475. The molecule has 0 bridgehead atoms. The van der Waals surface area contributed by atoms with E-state index in [2.05, 4.69) is 11.9 Å². The molecule has 3 rings (SSSR count). The number of aromatic hydroxyl groups is 1. The molecule has 3 aromatic rings. The molecule has 0 aliphatic heterocycles. The summed E-state index contributed by atoms with van der Waals surface area (Å²) in [6, 6.07) is 12.0. The second kappa shape index (κ2) is 6.32. The van der Waals surface area contributed by atoms with Gasteiger partial charge in [0.1, 0.15) is 17.4 Å². The highest BCUT2D eigenvalue weighted by molar-refractivity contribution is 5.84. The summed E-state index contributed by atoms with van der Waals surface area (Å²) in [5.74, 6) is 0.424. The van der Waals surface area contributed by atoms with E-state index >= 15 is 0 Å². The van der Waals surface area contributed by atoms with Gasteiger partial charge in [0.25, 0.3) is 0 Å². The van der Waals surface area contributed by atoms with Crippen molar-refractivity contribution >= 4 is 5.82 Å². The van der Waals surface area contributed by atoms with Gasteiger partial charge in [-0.3, -0.25) is 0 Å². The fourth-order valence-corrected chi connectivity index (χ4v) is 2.94. The minimum absolute atomic E-state index is 0.202. The summed E-state index contributed by atoms with van der Waals surface area (Å²) >= 11 is 0. The van der Waals surface area contributed by atoms with Crippen LogP contribution in [0.3, 0.4) is 0 Å². The normalized spacial score (nSPS) is 10.8. The second-order valence-electron chi connectivity index (χ2n) is 5.78. The lowest BCUT2D eigenvalue weighted by Crippen LogP contribution is -2.01. The maximum absolute atomic E-state index is 13.6. The molecule has 0 aliphatic rings. The van der Waals surface area contributed by atoms with Crippen molar-refractivity contribution in [3.8, 4) is 28.0 Å². The molecular weight excluding hydrogens is 303 g/mol. The Bertz CT molecular complexity index is 889. The van der Waals surface area contributed by atoms with E-state index in [-0.39, 0.29) is 11.6 Å². The third-order valence-electron chi connectivity index (χ3n) is 4.19. The Morgan fingerprint density at radius 2 is 1.75 bits per heavy atom. The van der Waals surface area contributed by atoms with Crippen LogP contribution < -0.4 is 5.73 Å². The zero-order valence-electron chi connectivity index (χ0n) is 13.7. The van der Waals surface area contributed by atoms with E-state index in [0.29, 0.717) is 11.4 Å². The zero-order chi connectivity index (χ0) is 17.3. The first kappa shape index (κ1) is 16.0. The molecule has 3 nitrogen and oxygen atoms in total. The standard InChI is InChI=1S/C20H19FN2O/c1-3-16-17(14-6-9-18(21)12(2)10-14)11-23-20(22)19(16)13-4-7-15(24)8-5-13/h4-11,24H,3H2,1-2H3,(H2,22,23). The van der Waals surface area contributed by atoms with Crippen molar-refractivity contribution in [1.29, 1.82) is 0 Å². The number of anilines is 1. The number of nitrogens with two attached hydrogens (primary N) is 1. The van der Waals surface area contributed by atoms with Gasteiger partial charge in [-0.05, 0) is 59.9 Å². The first-order chi connectivity index (χ1) is 11.5. The van der Waals surface area contributed by atoms with Gasteiger partial charge < -0.3 is 10.8 Å². The van der Waals surface area contributed by atoms with Gasteiger partial charge in [-0.2, -0.15) is 0 Å². The average Bonchev–Trinajstić information content (AvgIpc) is 2.58. The maximum Gasteiger partial charge on any atom is 0.131 e. The van der Waals surface area contributed by atoms with Crippen LogP contribution in [0.15, 0.2) is 48.7 Å². The molecule has 1 heterocycles. The van der Waals surface area contributed by atoms with Crippen LogP contribution in [-0.2, 0) is 6.42 Å². The molecule has 0 unspecified atom stereocenters. The summed E-state index contributed by atoms with van der Waals surface area (Å²) < 4.78 is 13.6. The van der Waals surface area contributed by atoms with Crippen molar-refractivity contribution in [1.82, 2.24) is 4.98 Å². The number of benzene rings is 2. The van der Waals surface area contributed by atoms with Crippen molar-refractivity contribution in [2.75, 3.05) is 5.73 Å². The summed E-state index contributed by atoms with van der Waals surface area (Å²) in [6.07, 6.45) is 2.50. The molecular formula is C20H19FN2O. The Hall–Kier alpha value is -2.88. The Labute approximate surface area is 140 Å². The van der Waals surface area contributed by atoms with Crippen LogP contribution in [0.4, 0.5) is 10.2 Å². The zero-order valence-corrected chi connectivity index (χ0v) is 13.7. The van der Waals surface area contributed by atoms with Crippen molar-refractivity contribution in [3.05, 3.63) is 65.6 Å². The van der Waals surface area contributed by atoms with Crippen LogP contribution in [0.5, 0.6) is 5.75 Å². The lowest BCUT2D eigenvalue weighted by atomic mass is 9.91. The molecule has 0 radical (unpaired) electrons. The van der Waals surface area contributed by atoms with Crippen LogP contribution in [0.1, 0.15) is 18.1 Å². The molecule has 0 fully saturated rings. The van der Waals surface area contributed by atoms with Crippen LogP contribution >= 0.6 is 0 Å². The molecule has 0 spiro atoms. The molecule has 4 heteroatoms. The molecule has 0 amide bonds. The Kier molecular flexibility index (Phi) is 4.21. The van der Waals surface area contributed by atoms with Crippen molar-refractivity contribution in [3.63, 3.8) is 0 Å². The second-order valence-corrected chi connectivity index (χ2v) is 5.78. The molecule has 2 aromatic carbocycles. The minimum atomic E-state index is -0.223. The highest BCUT2D eigenvalue weighted by Crippen LogP contribution is 2.36. The average molecular weight is 322 g/mol. The minimum Gasteiger partial charge on any atom is -0.508 e. The smallest absolute Gasteiger partial charge is 0.131 e. The van der Waals surface area contributed by atoms with Gasteiger partial charge >= 0.3 is 0 Å². The van der Waals surface area contributed by atoms with Crippen molar-refractivity contribution in [2.45, 2.75) is 20.3 Å². The molecule has 0 saturated carbocycles. The van der Waals surface area contributed by atoms with Gasteiger partial charge in [0.05, 0.1) is 0 Å². The largest absolute Gasteiger partial charge is 0.508 e. The van der Waals surface area contributed by atoms with Gasteiger partial charge in [-0.25, -0.2) is 9.37 Å². The quantitative estimate of drug-likeness (QED) is 0.734. The highest BCUT2D eigenvalue weighted by Gasteiger charge is 2.15. The van der Waals surface area contributed by atoms with E-state index in [9.17, 15) is 9.50 Å². The molecule has 24 heavy (non-hydrogen) atoms. The molecule has 3 N–H and O–H groups in total. The summed E-state index contributed by atoms with van der Waals surface area (Å²) in [4.78, 5) is 4.34. The first-order valence-electron chi connectivity index (χ1n) is 7.84. The Morgan fingerprint density at radius 3 is 2.38 bits per heavy atom. The summed E-state index contributed by atoms with van der Waals surface area (Å²) in [5.41, 5.74) is 11.4. The van der Waals surface area contributed by atoms with Crippen molar-refractivity contribution < 1.29 is 9.50 Å². The SMILES string of the molecule is CCc1c(-c2ccc(F)c(C)c2)cnc(N)c1-c1ccc(O)cc1. The predicted octanol–water partition coefficient (Wildman–Crippen LogP) is 4.71. The van der Waals surface area contributed by atoms with Crippen LogP contribution in [-0.4, -0.2) is 10.1 Å². The van der Waals surface area contributed by atoms with Crippen LogP contribution in [0.25, 0.3) is 22.3 Å². The van der Waals surface area contributed by atoms with Crippen LogP contribution in [0, 0.1) is 12.7 Å². The van der Waals surface area contributed by atoms with E-state index in [1.54, 1.807) is 31.3 Å². The third kappa shape index (κ3) is 2.83. The number of nitrogen functional groups attached to an aromatic ring is 1. The number of phenolic OH excluding ortho intramolecular Hbond substituents is 1. The topological polar surface area (TPSA) is 59.1 Å². The van der Waals surface area contributed by atoms with E-state index in [4.69, 9.17) is 5.73 Å². The number of aromatic nitrogens is 1.